The Hall–Kier alpha value is -3.93. The van der Waals surface area contributed by atoms with E-state index in [4.69, 9.17) is 0 Å². The molecular formula is C23H18N3O3-. The summed E-state index contributed by atoms with van der Waals surface area (Å²) in [6.07, 6.45) is 0.728. The van der Waals surface area contributed by atoms with Crippen molar-refractivity contribution >= 4 is 22.5 Å². The molecule has 1 N–H and O–H groups in total. The molecule has 144 valence electrons. The van der Waals surface area contributed by atoms with Crippen molar-refractivity contribution in [1.82, 2.24) is 4.57 Å². The van der Waals surface area contributed by atoms with Crippen molar-refractivity contribution in [2.24, 2.45) is 10.2 Å². The Morgan fingerprint density at radius 2 is 1.62 bits per heavy atom. The molecular weight excluding hydrogens is 366 g/mol. The van der Waals surface area contributed by atoms with E-state index in [1.54, 1.807) is 16.7 Å². The third-order valence-corrected chi connectivity index (χ3v) is 4.74. The second-order valence-electron chi connectivity index (χ2n) is 6.58. The van der Waals surface area contributed by atoms with E-state index in [1.165, 1.54) is 12.1 Å². The monoisotopic (exact) mass is 384 g/mol. The number of benzene rings is 3. The molecule has 0 fully saturated rings. The summed E-state index contributed by atoms with van der Waals surface area (Å²) in [5.74, 6) is -1.21. The highest BCUT2D eigenvalue weighted by molar-refractivity contribution is 5.98. The van der Waals surface area contributed by atoms with Crippen LogP contribution in [0.5, 0.6) is 11.6 Å². The number of nitrogens with zero attached hydrogens (tertiary/aromatic N) is 3. The molecule has 0 aliphatic carbocycles. The van der Waals surface area contributed by atoms with Crippen molar-refractivity contribution < 1.29 is 15.0 Å². The molecule has 0 unspecified atom stereocenters. The highest BCUT2D eigenvalue weighted by Gasteiger charge is 2.17. The predicted octanol–water partition coefficient (Wildman–Crippen LogP) is 4.59. The largest absolute Gasteiger partial charge is 0.872 e. The first-order valence-electron chi connectivity index (χ1n) is 9.21. The van der Waals surface area contributed by atoms with Crippen molar-refractivity contribution in [3.8, 4) is 11.6 Å². The van der Waals surface area contributed by atoms with Crippen molar-refractivity contribution in [3.63, 3.8) is 0 Å². The Morgan fingerprint density at radius 1 is 0.931 bits per heavy atom. The number of para-hydroxylation sites is 2. The molecule has 1 heterocycles. The van der Waals surface area contributed by atoms with Crippen molar-refractivity contribution in [2.75, 3.05) is 0 Å². The molecule has 1 amide bonds. The molecule has 29 heavy (non-hydrogen) atoms. The van der Waals surface area contributed by atoms with Gasteiger partial charge >= 0.3 is 0 Å². The fraction of sp³-hybridized carbons (Fsp3) is 0.0870. The Balaban J connectivity index is 1.67. The van der Waals surface area contributed by atoms with E-state index in [0.717, 1.165) is 17.5 Å². The lowest BCUT2D eigenvalue weighted by Gasteiger charge is -2.08. The van der Waals surface area contributed by atoms with E-state index >= 15 is 0 Å². The zero-order chi connectivity index (χ0) is 20.2. The molecule has 0 spiro atoms. The molecule has 1 aromatic heterocycles. The average molecular weight is 384 g/mol. The number of aromatic nitrogens is 1. The van der Waals surface area contributed by atoms with Gasteiger partial charge in [-0.05, 0) is 24.1 Å². The fourth-order valence-electron chi connectivity index (χ4n) is 3.27. The molecule has 0 saturated heterocycles. The Morgan fingerprint density at radius 3 is 2.41 bits per heavy atom. The van der Waals surface area contributed by atoms with Gasteiger partial charge in [-0.15, -0.1) is 10.2 Å². The quantitative estimate of drug-likeness (QED) is 0.510. The van der Waals surface area contributed by atoms with Gasteiger partial charge in [-0.3, -0.25) is 4.79 Å². The molecule has 6 nitrogen and oxygen atoms in total. The first-order chi connectivity index (χ1) is 14.1. The van der Waals surface area contributed by atoms with Gasteiger partial charge in [0.05, 0.1) is 5.52 Å². The number of aryl methyl sites for hydroxylation is 2. The maximum absolute atomic E-state index is 12.3. The minimum Gasteiger partial charge on any atom is -0.872 e. The van der Waals surface area contributed by atoms with E-state index in [0.29, 0.717) is 11.9 Å². The zero-order valence-electron chi connectivity index (χ0n) is 15.5. The number of fused-ring (bicyclic) bond motifs is 1. The predicted molar refractivity (Wildman–Crippen MR) is 108 cm³/mol. The summed E-state index contributed by atoms with van der Waals surface area (Å²) in [6, 6.07) is 23.2. The molecule has 6 heteroatoms. The van der Waals surface area contributed by atoms with Crippen LogP contribution in [0.15, 0.2) is 89.1 Å². The number of carbonyl (C=O) groups excluding carboxylic acids is 1. The summed E-state index contributed by atoms with van der Waals surface area (Å²) < 4.78 is 1.75. The van der Waals surface area contributed by atoms with Crippen LogP contribution < -0.4 is 5.11 Å². The van der Waals surface area contributed by atoms with Crippen LogP contribution in [0.2, 0.25) is 0 Å². The number of hydrogen-bond acceptors (Lipinski definition) is 4. The first-order valence-corrected chi connectivity index (χ1v) is 9.21. The van der Waals surface area contributed by atoms with Crippen LogP contribution in [0.25, 0.3) is 10.9 Å². The van der Waals surface area contributed by atoms with Crippen molar-refractivity contribution in [3.05, 3.63) is 90.0 Å². The number of aromatic hydroxyl groups is 1. The van der Waals surface area contributed by atoms with E-state index in [9.17, 15) is 15.0 Å². The molecule has 3 aromatic carbocycles. The summed E-state index contributed by atoms with van der Waals surface area (Å²) in [5, 5.41) is 30.9. The summed E-state index contributed by atoms with van der Waals surface area (Å²) in [4.78, 5) is 12.3. The average Bonchev–Trinajstić information content (AvgIpc) is 3.02. The topological polar surface area (TPSA) is 90.0 Å². The minimum absolute atomic E-state index is 0.0523. The second kappa shape index (κ2) is 7.98. The smallest absolute Gasteiger partial charge is 0.294 e. The zero-order valence-corrected chi connectivity index (χ0v) is 15.5. The molecule has 0 bridgehead atoms. The molecule has 0 saturated carbocycles. The molecule has 0 radical (unpaired) electrons. The van der Waals surface area contributed by atoms with Crippen LogP contribution in [0.4, 0.5) is 5.69 Å². The molecule has 4 aromatic rings. The minimum atomic E-state index is -0.740. The summed E-state index contributed by atoms with van der Waals surface area (Å²) >= 11 is 0. The normalized spacial score (nSPS) is 11.3. The van der Waals surface area contributed by atoms with Gasteiger partial charge in [0.25, 0.3) is 5.91 Å². The van der Waals surface area contributed by atoms with Crippen LogP contribution >= 0.6 is 0 Å². The number of azo groups is 1. The Labute approximate surface area is 167 Å². The van der Waals surface area contributed by atoms with Gasteiger partial charge < -0.3 is 14.8 Å². The molecule has 0 aliphatic rings. The van der Waals surface area contributed by atoms with E-state index in [1.807, 2.05) is 54.6 Å². The van der Waals surface area contributed by atoms with E-state index < -0.39 is 11.7 Å². The van der Waals surface area contributed by atoms with Gasteiger partial charge in [0.2, 0.25) is 5.88 Å². The van der Waals surface area contributed by atoms with Crippen LogP contribution in [0.1, 0.15) is 15.9 Å². The fourth-order valence-corrected chi connectivity index (χ4v) is 3.27. The van der Waals surface area contributed by atoms with Gasteiger partial charge in [-0.1, -0.05) is 72.5 Å². The Bertz CT molecular complexity index is 1200. The number of hydrogen-bond donors (Lipinski definition) is 1. The SMILES string of the molecule is O=C(N=Nc1c(O)n(CCc2ccccc2)c2ccccc12)c1ccccc1[O-]. The number of amides is 1. The lowest BCUT2D eigenvalue weighted by molar-refractivity contribution is -0.268. The maximum atomic E-state index is 12.3. The van der Waals surface area contributed by atoms with E-state index in [-0.39, 0.29) is 17.1 Å². The van der Waals surface area contributed by atoms with Crippen molar-refractivity contribution in [1.29, 1.82) is 0 Å². The van der Waals surface area contributed by atoms with Crippen LogP contribution in [0.3, 0.4) is 0 Å². The molecule has 0 aliphatic heterocycles. The lowest BCUT2D eigenvalue weighted by Crippen LogP contribution is -2.01. The van der Waals surface area contributed by atoms with E-state index in [2.05, 4.69) is 10.2 Å². The second-order valence-corrected chi connectivity index (χ2v) is 6.58. The van der Waals surface area contributed by atoms with Gasteiger partial charge in [0.15, 0.2) is 5.69 Å². The highest BCUT2D eigenvalue weighted by atomic mass is 16.3. The summed E-state index contributed by atoms with van der Waals surface area (Å²) in [6.45, 7) is 0.545. The van der Waals surface area contributed by atoms with Crippen LogP contribution in [-0.2, 0) is 13.0 Å². The van der Waals surface area contributed by atoms with Crippen LogP contribution in [-0.4, -0.2) is 15.6 Å². The molecule has 4 rings (SSSR count). The maximum Gasteiger partial charge on any atom is 0.294 e. The molecule has 0 atom stereocenters. The Kier molecular flexibility index (Phi) is 5.07. The summed E-state index contributed by atoms with van der Waals surface area (Å²) in [5.41, 5.74) is 2.11. The lowest BCUT2D eigenvalue weighted by atomic mass is 10.1. The van der Waals surface area contributed by atoms with Crippen molar-refractivity contribution in [2.45, 2.75) is 13.0 Å². The van der Waals surface area contributed by atoms with Gasteiger partial charge in [-0.25, -0.2) is 0 Å². The highest BCUT2D eigenvalue weighted by Crippen LogP contribution is 2.39. The number of rotatable bonds is 5. The van der Waals surface area contributed by atoms with Gasteiger partial charge in [-0.2, -0.15) is 0 Å². The number of carbonyl (C=O) groups is 1. The third kappa shape index (κ3) is 3.73. The van der Waals surface area contributed by atoms with Gasteiger partial charge in [0, 0.05) is 17.5 Å². The first kappa shape index (κ1) is 18.4. The standard InChI is InChI=1S/C23H19N3O3/c27-20-13-7-5-11-18(20)22(28)25-24-21-17-10-4-6-12-19(17)26(23(21)29)15-14-16-8-2-1-3-9-16/h1-13,27,29H,14-15H2/p-1. The van der Waals surface area contributed by atoms with Gasteiger partial charge in [0.1, 0.15) is 0 Å². The third-order valence-electron chi connectivity index (χ3n) is 4.74. The van der Waals surface area contributed by atoms with Crippen LogP contribution in [0, 0.1) is 0 Å². The summed E-state index contributed by atoms with van der Waals surface area (Å²) in [7, 11) is 0.